The highest BCUT2D eigenvalue weighted by Crippen LogP contribution is 2.44. The van der Waals surface area contributed by atoms with Gasteiger partial charge in [-0.25, -0.2) is 4.98 Å². The molecule has 0 saturated carbocycles. The molecule has 1 aliphatic rings. The zero-order chi connectivity index (χ0) is 25.2. The summed E-state index contributed by atoms with van der Waals surface area (Å²) >= 11 is 7.38. The number of aliphatic hydroxyl groups is 1. The van der Waals surface area contributed by atoms with Crippen LogP contribution >= 0.6 is 22.9 Å². The molecule has 0 aliphatic carbocycles. The molecule has 4 aromatic rings. The molecule has 0 fully saturated rings. The van der Waals surface area contributed by atoms with Crippen molar-refractivity contribution in [1.82, 2.24) is 4.98 Å². The number of aromatic nitrogens is 1. The number of halogens is 1. The number of nitrogens with zero attached hydrogens (tertiary/aromatic N) is 2. The minimum atomic E-state index is -0.866. The predicted molar refractivity (Wildman–Crippen MR) is 143 cm³/mol. The Morgan fingerprint density at radius 2 is 1.89 bits per heavy atom. The van der Waals surface area contributed by atoms with Crippen LogP contribution in [0, 0.1) is 0 Å². The zero-order valence-electron chi connectivity index (χ0n) is 19.2. The van der Waals surface area contributed by atoms with Gasteiger partial charge in [0.05, 0.1) is 28.4 Å². The molecule has 0 radical (unpaired) electrons. The Hall–Kier alpha value is -3.94. The molecule has 1 aliphatic heterocycles. The summed E-state index contributed by atoms with van der Waals surface area (Å²) in [5, 5.41) is 11.8. The van der Waals surface area contributed by atoms with Crippen LogP contribution in [0.25, 0.3) is 16.3 Å². The van der Waals surface area contributed by atoms with Crippen molar-refractivity contribution < 1.29 is 19.4 Å². The average Bonchev–Trinajstić information content (AvgIpc) is 3.42. The van der Waals surface area contributed by atoms with Crippen LogP contribution in [-0.4, -0.2) is 28.4 Å². The summed E-state index contributed by atoms with van der Waals surface area (Å²) in [6, 6.07) is 20.8. The Morgan fingerprint density at radius 3 is 2.61 bits per heavy atom. The van der Waals surface area contributed by atoms with Crippen molar-refractivity contribution in [3.05, 3.63) is 106 Å². The summed E-state index contributed by atoms with van der Waals surface area (Å²) < 4.78 is 6.41. The van der Waals surface area contributed by atoms with Gasteiger partial charge in [0.15, 0.2) is 16.7 Å². The topological polar surface area (TPSA) is 79.7 Å². The summed E-state index contributed by atoms with van der Waals surface area (Å²) in [5.41, 5.74) is 2.13. The van der Waals surface area contributed by atoms with Crippen molar-refractivity contribution in [3.63, 3.8) is 0 Å². The molecule has 5 rings (SSSR count). The number of amides is 1. The van der Waals surface area contributed by atoms with Gasteiger partial charge in [0.2, 0.25) is 0 Å². The van der Waals surface area contributed by atoms with Crippen molar-refractivity contribution in [2.75, 3.05) is 11.5 Å². The fourth-order valence-corrected chi connectivity index (χ4v) is 5.24. The lowest BCUT2D eigenvalue weighted by Gasteiger charge is -2.24. The van der Waals surface area contributed by atoms with Gasteiger partial charge in [0.25, 0.3) is 5.91 Å². The number of ether oxygens (including phenoxy) is 1. The molecule has 0 spiro atoms. The minimum Gasteiger partial charge on any atom is -0.503 e. The lowest BCUT2D eigenvalue weighted by atomic mass is 9.96. The molecule has 1 atom stereocenters. The van der Waals surface area contributed by atoms with Crippen molar-refractivity contribution in [2.45, 2.75) is 13.0 Å². The van der Waals surface area contributed by atoms with Crippen molar-refractivity contribution in [1.29, 1.82) is 0 Å². The maximum atomic E-state index is 13.3. The van der Waals surface area contributed by atoms with E-state index in [-0.39, 0.29) is 5.57 Å². The first kappa shape index (κ1) is 23.8. The Balaban J connectivity index is 1.58. The van der Waals surface area contributed by atoms with Crippen LogP contribution in [0.5, 0.6) is 5.75 Å². The third-order valence-corrected chi connectivity index (χ3v) is 7.02. The monoisotopic (exact) mass is 516 g/mol. The van der Waals surface area contributed by atoms with Gasteiger partial charge in [-0.1, -0.05) is 71.5 Å². The smallest absolute Gasteiger partial charge is 0.296 e. The number of aliphatic hydroxyl groups excluding tert-OH is 1. The summed E-state index contributed by atoms with van der Waals surface area (Å²) in [6.07, 6.45) is 3.02. The number of rotatable bonds is 7. The van der Waals surface area contributed by atoms with E-state index >= 15 is 0 Å². The van der Waals surface area contributed by atoms with E-state index in [0.717, 1.165) is 10.3 Å². The zero-order valence-corrected chi connectivity index (χ0v) is 20.8. The largest absolute Gasteiger partial charge is 0.503 e. The standard InChI is InChI=1S/C28H21ClN2O4S/c1-2-35-20-13-14-21-23(16-20)36-28(30-21)31-25(18-9-11-19(29)12-10-18)24(26(33)27(31)34)22(32)15-8-17-6-4-3-5-7-17/h3-16,25,33H,2H2,1H3. The van der Waals surface area contributed by atoms with Gasteiger partial charge < -0.3 is 9.84 Å². The highest BCUT2D eigenvalue weighted by atomic mass is 35.5. The Kier molecular flexibility index (Phi) is 6.59. The van der Waals surface area contributed by atoms with Crippen LogP contribution in [0.3, 0.4) is 0 Å². The molecular formula is C28H21ClN2O4S. The van der Waals surface area contributed by atoms with E-state index in [9.17, 15) is 14.7 Å². The highest BCUT2D eigenvalue weighted by molar-refractivity contribution is 7.22. The molecule has 1 aromatic heterocycles. The van der Waals surface area contributed by atoms with Gasteiger partial charge in [-0.15, -0.1) is 0 Å². The predicted octanol–water partition coefficient (Wildman–Crippen LogP) is 6.53. The average molecular weight is 517 g/mol. The van der Waals surface area contributed by atoms with Gasteiger partial charge in [-0.2, -0.15) is 0 Å². The normalized spacial score (nSPS) is 15.9. The Bertz CT molecular complexity index is 1510. The SMILES string of the molecule is CCOc1ccc2nc(N3C(=O)C(O)=C(C(=O)C=Cc4ccccc4)C3c3ccc(Cl)cc3)sc2c1. The number of fused-ring (bicyclic) bond motifs is 1. The number of hydrogen-bond donors (Lipinski definition) is 1. The lowest BCUT2D eigenvalue weighted by Crippen LogP contribution is -2.30. The number of ketones is 1. The summed E-state index contributed by atoms with van der Waals surface area (Å²) in [4.78, 5) is 32.7. The van der Waals surface area contributed by atoms with E-state index in [4.69, 9.17) is 16.3 Å². The molecule has 8 heteroatoms. The fourth-order valence-electron chi connectivity index (χ4n) is 4.09. The van der Waals surface area contributed by atoms with Crippen LogP contribution in [0.4, 0.5) is 5.13 Å². The van der Waals surface area contributed by atoms with Crippen LogP contribution in [0.1, 0.15) is 24.1 Å². The maximum absolute atomic E-state index is 13.3. The van der Waals surface area contributed by atoms with E-state index in [1.165, 1.54) is 22.3 Å². The second kappa shape index (κ2) is 9.97. The molecule has 1 N–H and O–H groups in total. The van der Waals surface area contributed by atoms with Gasteiger partial charge >= 0.3 is 0 Å². The number of anilines is 1. The fraction of sp³-hybridized carbons (Fsp3) is 0.107. The number of carbonyl (C=O) groups is 2. The number of hydrogen-bond acceptors (Lipinski definition) is 6. The van der Waals surface area contributed by atoms with E-state index in [2.05, 4.69) is 4.98 Å². The summed E-state index contributed by atoms with van der Waals surface area (Å²) in [5.74, 6) is -1.04. The first-order valence-corrected chi connectivity index (χ1v) is 12.5. The quantitative estimate of drug-likeness (QED) is 0.282. The molecule has 0 saturated heterocycles. The minimum absolute atomic E-state index is 0.0104. The molecule has 1 unspecified atom stereocenters. The highest BCUT2D eigenvalue weighted by Gasteiger charge is 2.45. The number of allylic oxidation sites excluding steroid dienone is 1. The first-order chi connectivity index (χ1) is 17.5. The van der Waals surface area contributed by atoms with Gasteiger partial charge in [-0.3, -0.25) is 14.5 Å². The molecule has 0 bridgehead atoms. The van der Waals surface area contributed by atoms with Crippen LogP contribution < -0.4 is 9.64 Å². The third-order valence-electron chi connectivity index (χ3n) is 5.75. The Morgan fingerprint density at radius 1 is 1.14 bits per heavy atom. The molecule has 2 heterocycles. The van der Waals surface area contributed by atoms with Gasteiger partial charge in [0.1, 0.15) is 5.75 Å². The molecule has 1 amide bonds. The maximum Gasteiger partial charge on any atom is 0.296 e. The molecule has 180 valence electrons. The van der Waals surface area contributed by atoms with Crippen molar-refractivity contribution >= 4 is 56.1 Å². The van der Waals surface area contributed by atoms with Gasteiger partial charge in [0, 0.05) is 5.02 Å². The van der Waals surface area contributed by atoms with E-state index in [0.29, 0.717) is 33.6 Å². The second-order valence-electron chi connectivity index (χ2n) is 8.06. The molecule has 36 heavy (non-hydrogen) atoms. The number of thiazole rings is 1. The van der Waals surface area contributed by atoms with E-state index < -0.39 is 23.5 Å². The summed E-state index contributed by atoms with van der Waals surface area (Å²) in [7, 11) is 0. The van der Waals surface area contributed by atoms with Gasteiger partial charge in [-0.05, 0) is 54.5 Å². The van der Waals surface area contributed by atoms with Crippen molar-refractivity contribution in [2.24, 2.45) is 0 Å². The third kappa shape index (κ3) is 4.51. The molecular weight excluding hydrogens is 496 g/mol. The summed E-state index contributed by atoms with van der Waals surface area (Å²) in [6.45, 7) is 2.43. The first-order valence-electron chi connectivity index (χ1n) is 11.3. The molecule has 3 aromatic carbocycles. The van der Waals surface area contributed by atoms with Crippen LogP contribution in [0.15, 0.2) is 90.2 Å². The van der Waals surface area contributed by atoms with Crippen LogP contribution in [0.2, 0.25) is 5.02 Å². The van der Waals surface area contributed by atoms with Crippen LogP contribution in [-0.2, 0) is 9.59 Å². The van der Waals surface area contributed by atoms with Crippen molar-refractivity contribution in [3.8, 4) is 5.75 Å². The lowest BCUT2D eigenvalue weighted by molar-refractivity contribution is -0.117. The number of carbonyl (C=O) groups excluding carboxylic acids is 2. The second-order valence-corrected chi connectivity index (χ2v) is 9.50. The Labute approximate surface area is 216 Å². The number of benzene rings is 3. The molecule has 6 nitrogen and oxygen atoms in total. The van der Waals surface area contributed by atoms with E-state index in [1.54, 1.807) is 30.3 Å². The van der Waals surface area contributed by atoms with E-state index in [1.807, 2.05) is 55.5 Å².